The number of hydrogen-bond donors (Lipinski definition) is 0. The maximum Gasteiger partial charge on any atom is 0.245 e. The zero-order valence-electron chi connectivity index (χ0n) is 15.8. The van der Waals surface area contributed by atoms with Crippen molar-refractivity contribution in [2.45, 2.75) is 44.5 Å². The Bertz CT molecular complexity index is 658. The third-order valence-electron chi connectivity index (χ3n) is 5.04. The molecule has 3 rings (SSSR count). The van der Waals surface area contributed by atoms with E-state index in [9.17, 15) is 9.59 Å². The van der Waals surface area contributed by atoms with E-state index in [1.807, 2.05) is 34.1 Å². The van der Waals surface area contributed by atoms with Gasteiger partial charge in [-0.1, -0.05) is 32.0 Å². The van der Waals surface area contributed by atoms with Gasteiger partial charge in [0, 0.05) is 18.7 Å². The molecule has 2 aliphatic heterocycles. The normalized spacial score (nSPS) is 21.5. The number of thioether (sulfide) groups is 1. The summed E-state index contributed by atoms with van der Waals surface area (Å²) in [5, 5.41) is -0.172. The van der Waals surface area contributed by atoms with Gasteiger partial charge < -0.3 is 14.5 Å². The number of benzene rings is 1. The summed E-state index contributed by atoms with van der Waals surface area (Å²) in [4.78, 5) is 29.8. The Balaban J connectivity index is 1.94. The molecule has 0 saturated carbocycles. The van der Waals surface area contributed by atoms with Gasteiger partial charge in [0.1, 0.15) is 17.2 Å². The molecule has 1 aromatic carbocycles. The lowest BCUT2D eigenvalue weighted by molar-refractivity contribution is -0.144. The standard InChI is InChI=1S/C20H28N2O3S/c1-14(2)12-16(19(24)21-10-6-7-11-21)22-18(23)13-26-20(22)15-8-4-5-9-17(15)25-3/h4-5,8-9,14,16,20H,6-7,10-13H2,1-3H3. The van der Waals surface area contributed by atoms with Crippen molar-refractivity contribution in [2.75, 3.05) is 26.0 Å². The minimum Gasteiger partial charge on any atom is -0.496 e. The van der Waals surface area contributed by atoms with Crippen molar-refractivity contribution in [1.29, 1.82) is 0 Å². The second kappa shape index (κ2) is 8.33. The smallest absolute Gasteiger partial charge is 0.245 e. The first-order valence-corrected chi connectivity index (χ1v) is 10.4. The number of likely N-dealkylation sites (tertiary alicyclic amines) is 1. The number of rotatable bonds is 6. The van der Waals surface area contributed by atoms with Crippen LogP contribution >= 0.6 is 11.8 Å². The number of carbonyl (C=O) groups excluding carboxylic acids is 2. The molecule has 0 spiro atoms. The number of methoxy groups -OCH3 is 1. The lowest BCUT2D eigenvalue weighted by Gasteiger charge is -2.35. The van der Waals surface area contributed by atoms with Crippen molar-refractivity contribution in [2.24, 2.45) is 5.92 Å². The highest BCUT2D eigenvalue weighted by Crippen LogP contribution is 2.44. The van der Waals surface area contributed by atoms with Crippen LogP contribution in [0.3, 0.4) is 0 Å². The first-order chi connectivity index (χ1) is 12.5. The Hall–Kier alpha value is -1.69. The number of amides is 2. The predicted molar refractivity (Wildman–Crippen MR) is 104 cm³/mol. The van der Waals surface area contributed by atoms with Crippen LogP contribution in [0.25, 0.3) is 0 Å². The van der Waals surface area contributed by atoms with Crippen molar-refractivity contribution in [3.63, 3.8) is 0 Å². The number of ether oxygens (including phenoxy) is 1. The summed E-state index contributed by atoms with van der Waals surface area (Å²) in [6.07, 6.45) is 2.80. The van der Waals surface area contributed by atoms with Gasteiger partial charge in [-0.3, -0.25) is 9.59 Å². The highest BCUT2D eigenvalue weighted by Gasteiger charge is 2.43. The average Bonchev–Trinajstić information content (AvgIpc) is 3.29. The van der Waals surface area contributed by atoms with E-state index in [1.165, 1.54) is 0 Å². The Labute approximate surface area is 160 Å². The van der Waals surface area contributed by atoms with Gasteiger partial charge in [0.05, 0.1) is 12.9 Å². The molecule has 0 aliphatic carbocycles. The third kappa shape index (κ3) is 3.85. The van der Waals surface area contributed by atoms with Crippen molar-refractivity contribution in [3.05, 3.63) is 29.8 Å². The van der Waals surface area contributed by atoms with Crippen molar-refractivity contribution < 1.29 is 14.3 Å². The Morgan fingerprint density at radius 3 is 2.62 bits per heavy atom. The average molecular weight is 377 g/mol. The van der Waals surface area contributed by atoms with Crippen molar-refractivity contribution >= 4 is 23.6 Å². The zero-order chi connectivity index (χ0) is 18.7. The van der Waals surface area contributed by atoms with Crippen molar-refractivity contribution in [1.82, 2.24) is 9.80 Å². The van der Waals surface area contributed by atoms with Crippen LogP contribution in [-0.4, -0.2) is 53.6 Å². The van der Waals surface area contributed by atoms with Crippen LogP contribution in [0.5, 0.6) is 5.75 Å². The lowest BCUT2D eigenvalue weighted by Crippen LogP contribution is -2.50. The molecule has 2 amide bonds. The van der Waals surface area contributed by atoms with Gasteiger partial charge in [-0.25, -0.2) is 0 Å². The lowest BCUT2D eigenvalue weighted by atomic mass is 10.00. The molecule has 142 valence electrons. The molecule has 0 N–H and O–H groups in total. The van der Waals surface area contributed by atoms with E-state index in [0.29, 0.717) is 18.1 Å². The molecule has 2 unspecified atom stereocenters. The van der Waals surface area contributed by atoms with Crippen LogP contribution in [0.15, 0.2) is 24.3 Å². The molecule has 2 aliphatic rings. The summed E-state index contributed by atoms with van der Waals surface area (Å²) >= 11 is 1.58. The van der Waals surface area contributed by atoms with Crippen LogP contribution in [0.4, 0.5) is 0 Å². The zero-order valence-corrected chi connectivity index (χ0v) is 16.6. The molecular formula is C20H28N2O3S. The molecule has 0 radical (unpaired) electrons. The molecule has 0 bridgehead atoms. The van der Waals surface area contributed by atoms with Gasteiger partial charge in [0.25, 0.3) is 0 Å². The SMILES string of the molecule is COc1ccccc1C1SCC(=O)N1C(CC(C)C)C(=O)N1CCCC1. The van der Waals surface area contributed by atoms with E-state index in [4.69, 9.17) is 4.74 Å². The van der Waals surface area contributed by atoms with Crippen LogP contribution in [0, 0.1) is 5.92 Å². The fourth-order valence-corrected chi connectivity index (χ4v) is 5.06. The van der Waals surface area contributed by atoms with E-state index < -0.39 is 6.04 Å². The first-order valence-electron chi connectivity index (χ1n) is 9.37. The van der Waals surface area contributed by atoms with Gasteiger partial charge in [-0.05, 0) is 31.2 Å². The van der Waals surface area contributed by atoms with E-state index in [2.05, 4.69) is 13.8 Å². The van der Waals surface area contributed by atoms with Crippen LogP contribution < -0.4 is 4.74 Å². The minimum atomic E-state index is -0.398. The molecule has 6 heteroatoms. The fourth-order valence-electron chi connectivity index (χ4n) is 3.81. The Morgan fingerprint density at radius 1 is 1.27 bits per heavy atom. The van der Waals surface area contributed by atoms with Gasteiger partial charge >= 0.3 is 0 Å². The monoisotopic (exact) mass is 376 g/mol. The van der Waals surface area contributed by atoms with Crippen LogP contribution in [-0.2, 0) is 9.59 Å². The van der Waals surface area contributed by atoms with E-state index in [0.717, 1.165) is 37.2 Å². The molecule has 0 aromatic heterocycles. The van der Waals surface area contributed by atoms with Crippen LogP contribution in [0.2, 0.25) is 0 Å². The molecule has 2 saturated heterocycles. The number of hydrogen-bond acceptors (Lipinski definition) is 4. The number of nitrogens with zero attached hydrogens (tertiary/aromatic N) is 2. The maximum atomic E-state index is 13.2. The van der Waals surface area contributed by atoms with E-state index in [1.54, 1.807) is 18.9 Å². The quantitative estimate of drug-likeness (QED) is 0.764. The summed E-state index contributed by atoms with van der Waals surface area (Å²) in [6.45, 7) is 5.83. The summed E-state index contributed by atoms with van der Waals surface area (Å²) < 4.78 is 5.52. The highest BCUT2D eigenvalue weighted by molar-refractivity contribution is 8.00. The third-order valence-corrected chi connectivity index (χ3v) is 6.25. The molecule has 2 heterocycles. The Morgan fingerprint density at radius 2 is 1.96 bits per heavy atom. The topological polar surface area (TPSA) is 49.9 Å². The summed E-state index contributed by atoms with van der Waals surface area (Å²) in [6, 6.07) is 7.39. The minimum absolute atomic E-state index is 0.0455. The van der Waals surface area contributed by atoms with Gasteiger partial charge in [0.2, 0.25) is 11.8 Å². The molecule has 1 aromatic rings. The predicted octanol–water partition coefficient (Wildman–Crippen LogP) is 3.31. The van der Waals surface area contributed by atoms with Crippen LogP contribution in [0.1, 0.15) is 44.0 Å². The number of carbonyl (C=O) groups is 2. The number of para-hydroxylation sites is 1. The van der Waals surface area contributed by atoms with Gasteiger partial charge in [0.15, 0.2) is 0 Å². The maximum absolute atomic E-state index is 13.2. The molecule has 5 nitrogen and oxygen atoms in total. The molecule has 2 atom stereocenters. The summed E-state index contributed by atoms with van der Waals surface area (Å²) in [7, 11) is 1.64. The van der Waals surface area contributed by atoms with E-state index in [-0.39, 0.29) is 17.2 Å². The molecule has 2 fully saturated rings. The summed E-state index contributed by atoms with van der Waals surface area (Å²) in [5.41, 5.74) is 0.967. The second-order valence-corrected chi connectivity index (χ2v) is 8.45. The van der Waals surface area contributed by atoms with Gasteiger partial charge in [-0.15, -0.1) is 11.8 Å². The van der Waals surface area contributed by atoms with Crippen molar-refractivity contribution in [3.8, 4) is 5.75 Å². The highest BCUT2D eigenvalue weighted by atomic mass is 32.2. The van der Waals surface area contributed by atoms with E-state index >= 15 is 0 Å². The van der Waals surface area contributed by atoms with Gasteiger partial charge in [-0.2, -0.15) is 0 Å². The first kappa shape index (κ1) is 19.1. The fraction of sp³-hybridized carbons (Fsp3) is 0.600. The largest absolute Gasteiger partial charge is 0.496 e. The molecular weight excluding hydrogens is 348 g/mol. The Kier molecular flexibility index (Phi) is 6.12. The molecule has 26 heavy (non-hydrogen) atoms. The summed E-state index contributed by atoms with van der Waals surface area (Å²) in [5.74, 6) is 1.66. The second-order valence-electron chi connectivity index (χ2n) is 7.38.